The van der Waals surface area contributed by atoms with Gasteiger partial charge in [0.2, 0.25) is 0 Å². The van der Waals surface area contributed by atoms with E-state index in [4.69, 9.17) is 0 Å². The van der Waals surface area contributed by atoms with E-state index in [1.165, 1.54) is 0 Å². The molecule has 0 atom stereocenters. The molecule has 0 unspecified atom stereocenters. The van der Waals surface area contributed by atoms with Crippen LogP contribution in [-0.4, -0.2) is 10.9 Å². The number of H-pyrrole nitrogens is 1. The summed E-state index contributed by atoms with van der Waals surface area (Å²) in [6.07, 6.45) is 0. The number of hydrogen-bond donors (Lipinski definition) is 2. The van der Waals surface area contributed by atoms with Crippen molar-refractivity contribution in [3.8, 4) is 0 Å². The molecule has 0 aliphatic heterocycles. The van der Waals surface area contributed by atoms with E-state index in [9.17, 15) is 9.59 Å². The largest absolute Gasteiger partial charge is 0.348 e. The van der Waals surface area contributed by atoms with E-state index in [2.05, 4.69) is 10.3 Å². The summed E-state index contributed by atoms with van der Waals surface area (Å²) in [6, 6.07) is 3.78. The summed E-state index contributed by atoms with van der Waals surface area (Å²) in [4.78, 5) is 28.9. The lowest BCUT2D eigenvalue weighted by atomic mass is 10.1. The summed E-state index contributed by atoms with van der Waals surface area (Å²) in [5.41, 5.74) is 2.87. The van der Waals surface area contributed by atoms with Gasteiger partial charge in [-0.1, -0.05) is 0 Å². The average molecular weight is 290 g/mol. The standard InChI is InChI=1S/C15H18N2O2S/c1-8-5-9(2)17-15(19)13(8)7-16-14(18)12-6-10(3)20-11(12)4/h5-6H,7H2,1-4H3,(H,16,18)(H,17,19). The molecule has 5 heteroatoms. The van der Waals surface area contributed by atoms with Gasteiger partial charge in [-0.2, -0.15) is 0 Å². The molecule has 2 rings (SSSR count). The molecule has 0 aliphatic carbocycles. The van der Waals surface area contributed by atoms with Gasteiger partial charge in [-0.3, -0.25) is 9.59 Å². The number of thiophene rings is 1. The molecule has 2 aromatic heterocycles. The van der Waals surface area contributed by atoms with E-state index in [-0.39, 0.29) is 18.0 Å². The summed E-state index contributed by atoms with van der Waals surface area (Å²) in [6.45, 7) is 7.87. The lowest BCUT2D eigenvalue weighted by molar-refractivity contribution is 0.0950. The second-order valence-electron chi connectivity index (χ2n) is 4.95. The van der Waals surface area contributed by atoms with Crippen LogP contribution in [0, 0.1) is 27.7 Å². The highest BCUT2D eigenvalue weighted by Crippen LogP contribution is 2.20. The van der Waals surface area contributed by atoms with Crippen LogP contribution in [0.15, 0.2) is 16.9 Å². The Balaban J connectivity index is 2.15. The minimum Gasteiger partial charge on any atom is -0.348 e. The zero-order valence-electron chi connectivity index (χ0n) is 12.1. The zero-order chi connectivity index (χ0) is 14.9. The van der Waals surface area contributed by atoms with Crippen molar-refractivity contribution in [3.05, 3.63) is 54.6 Å². The molecule has 0 saturated heterocycles. The molecule has 4 nitrogen and oxygen atoms in total. The Morgan fingerprint density at radius 2 is 1.95 bits per heavy atom. The van der Waals surface area contributed by atoms with Gasteiger partial charge in [0.05, 0.1) is 5.56 Å². The predicted molar refractivity (Wildman–Crippen MR) is 81.5 cm³/mol. The molecule has 0 spiro atoms. The molecule has 20 heavy (non-hydrogen) atoms. The van der Waals surface area contributed by atoms with Crippen LogP contribution in [0.1, 0.15) is 36.9 Å². The van der Waals surface area contributed by atoms with Crippen molar-refractivity contribution < 1.29 is 4.79 Å². The van der Waals surface area contributed by atoms with Crippen LogP contribution >= 0.6 is 11.3 Å². The first-order valence-corrected chi connectivity index (χ1v) is 7.24. The molecule has 2 heterocycles. The number of aromatic nitrogens is 1. The number of aromatic amines is 1. The molecule has 1 amide bonds. The first-order chi connectivity index (χ1) is 9.38. The molecule has 0 aliphatic rings. The maximum Gasteiger partial charge on any atom is 0.253 e. The number of nitrogens with one attached hydrogen (secondary N) is 2. The topological polar surface area (TPSA) is 62.0 Å². The van der Waals surface area contributed by atoms with Gasteiger partial charge in [-0.25, -0.2) is 0 Å². The highest BCUT2D eigenvalue weighted by atomic mass is 32.1. The van der Waals surface area contributed by atoms with E-state index in [1.54, 1.807) is 11.3 Å². The molecular weight excluding hydrogens is 272 g/mol. The van der Waals surface area contributed by atoms with Gasteiger partial charge >= 0.3 is 0 Å². The van der Waals surface area contributed by atoms with Gasteiger partial charge in [0.25, 0.3) is 11.5 Å². The number of amides is 1. The van der Waals surface area contributed by atoms with E-state index in [1.807, 2.05) is 39.8 Å². The molecule has 106 valence electrons. The number of carbonyl (C=O) groups excluding carboxylic acids is 1. The third-order valence-corrected chi connectivity index (χ3v) is 4.17. The van der Waals surface area contributed by atoms with Gasteiger partial charge < -0.3 is 10.3 Å². The summed E-state index contributed by atoms with van der Waals surface area (Å²) < 4.78 is 0. The fourth-order valence-corrected chi connectivity index (χ4v) is 3.14. The maximum atomic E-state index is 12.1. The minimum atomic E-state index is -0.138. The van der Waals surface area contributed by atoms with Gasteiger partial charge in [0.15, 0.2) is 0 Å². The van der Waals surface area contributed by atoms with Gasteiger partial charge in [0, 0.05) is 27.6 Å². The normalized spacial score (nSPS) is 10.6. The Hall–Kier alpha value is -1.88. The van der Waals surface area contributed by atoms with Crippen molar-refractivity contribution in [3.63, 3.8) is 0 Å². The van der Waals surface area contributed by atoms with Crippen molar-refractivity contribution in [2.24, 2.45) is 0 Å². The van der Waals surface area contributed by atoms with E-state index < -0.39 is 0 Å². The Morgan fingerprint density at radius 3 is 2.50 bits per heavy atom. The Kier molecular flexibility index (Phi) is 4.09. The van der Waals surface area contributed by atoms with Crippen LogP contribution in [0.3, 0.4) is 0 Å². The highest BCUT2D eigenvalue weighted by Gasteiger charge is 2.13. The van der Waals surface area contributed by atoms with Crippen LogP contribution in [0.4, 0.5) is 0 Å². The Bertz CT molecular complexity index is 713. The van der Waals surface area contributed by atoms with Crippen molar-refractivity contribution >= 4 is 17.2 Å². The summed E-state index contributed by atoms with van der Waals surface area (Å²) in [5.74, 6) is -0.133. The number of pyridine rings is 1. The average Bonchev–Trinajstić information content (AvgIpc) is 2.66. The fraction of sp³-hybridized carbons (Fsp3) is 0.333. The van der Waals surface area contributed by atoms with Crippen molar-refractivity contribution in [2.75, 3.05) is 0 Å². The number of hydrogen-bond acceptors (Lipinski definition) is 3. The molecule has 0 fully saturated rings. The number of aryl methyl sites for hydroxylation is 4. The van der Waals surface area contributed by atoms with Crippen LogP contribution < -0.4 is 10.9 Å². The number of carbonyl (C=O) groups is 1. The Labute approximate surface area is 121 Å². The van der Waals surface area contributed by atoms with E-state index in [0.717, 1.165) is 21.0 Å². The third kappa shape index (κ3) is 2.99. The smallest absolute Gasteiger partial charge is 0.253 e. The first kappa shape index (κ1) is 14.5. The molecular formula is C15H18N2O2S. The van der Waals surface area contributed by atoms with Gasteiger partial charge in [-0.05, 0) is 45.4 Å². The molecule has 2 N–H and O–H groups in total. The van der Waals surface area contributed by atoms with Gasteiger partial charge in [0.1, 0.15) is 0 Å². The third-order valence-electron chi connectivity index (χ3n) is 3.21. The van der Waals surface area contributed by atoms with Crippen molar-refractivity contribution in [1.29, 1.82) is 0 Å². The molecule has 0 saturated carbocycles. The lowest BCUT2D eigenvalue weighted by Gasteiger charge is -2.08. The second-order valence-corrected chi connectivity index (χ2v) is 6.41. The first-order valence-electron chi connectivity index (χ1n) is 6.43. The maximum absolute atomic E-state index is 12.1. The van der Waals surface area contributed by atoms with Crippen molar-refractivity contribution in [1.82, 2.24) is 10.3 Å². The quantitative estimate of drug-likeness (QED) is 0.912. The van der Waals surface area contributed by atoms with Crippen LogP contribution in [-0.2, 0) is 6.54 Å². The number of rotatable bonds is 3. The van der Waals surface area contributed by atoms with Crippen LogP contribution in [0.25, 0.3) is 0 Å². The molecule has 0 bridgehead atoms. The molecule has 0 radical (unpaired) electrons. The van der Waals surface area contributed by atoms with E-state index >= 15 is 0 Å². The zero-order valence-corrected chi connectivity index (χ0v) is 12.9. The Morgan fingerprint density at radius 1 is 1.25 bits per heavy atom. The summed E-state index contributed by atoms with van der Waals surface area (Å²) in [7, 11) is 0. The lowest BCUT2D eigenvalue weighted by Crippen LogP contribution is -2.28. The summed E-state index contributed by atoms with van der Waals surface area (Å²) >= 11 is 1.60. The fourth-order valence-electron chi connectivity index (χ4n) is 2.22. The monoisotopic (exact) mass is 290 g/mol. The molecule has 2 aromatic rings. The summed E-state index contributed by atoms with van der Waals surface area (Å²) in [5, 5.41) is 2.82. The second kappa shape index (κ2) is 5.63. The predicted octanol–water partition coefficient (Wildman–Crippen LogP) is 2.60. The minimum absolute atomic E-state index is 0.133. The van der Waals surface area contributed by atoms with Crippen molar-refractivity contribution in [2.45, 2.75) is 34.2 Å². The van der Waals surface area contributed by atoms with E-state index in [0.29, 0.717) is 11.1 Å². The SMILES string of the molecule is Cc1cc(C)c(CNC(=O)c2cc(C)sc2C)c(=O)[nH]1. The van der Waals surface area contributed by atoms with Crippen LogP contribution in [0.2, 0.25) is 0 Å². The van der Waals surface area contributed by atoms with Gasteiger partial charge in [-0.15, -0.1) is 11.3 Å². The highest BCUT2D eigenvalue weighted by molar-refractivity contribution is 7.12. The van der Waals surface area contributed by atoms with Crippen LogP contribution in [0.5, 0.6) is 0 Å². The molecule has 0 aromatic carbocycles.